The summed E-state index contributed by atoms with van der Waals surface area (Å²) in [5.41, 5.74) is 6.02. The lowest BCUT2D eigenvalue weighted by atomic mass is 10.1. The molecule has 0 saturated carbocycles. The molecule has 1 aliphatic rings. The number of ether oxygens (including phenoxy) is 1. The summed E-state index contributed by atoms with van der Waals surface area (Å²) in [6.45, 7) is 2.38. The summed E-state index contributed by atoms with van der Waals surface area (Å²) in [4.78, 5) is 29.4. The van der Waals surface area contributed by atoms with E-state index >= 15 is 0 Å². The third-order valence-corrected chi connectivity index (χ3v) is 4.63. The van der Waals surface area contributed by atoms with Gasteiger partial charge in [0.05, 0.1) is 17.4 Å². The highest BCUT2D eigenvalue weighted by Gasteiger charge is 2.26. The van der Waals surface area contributed by atoms with Crippen LogP contribution in [0.1, 0.15) is 29.6 Å². The summed E-state index contributed by atoms with van der Waals surface area (Å²) in [6, 6.07) is 4.53. The fourth-order valence-electron chi connectivity index (χ4n) is 3.16. The van der Waals surface area contributed by atoms with Gasteiger partial charge >= 0.3 is 0 Å². The van der Waals surface area contributed by atoms with Crippen molar-refractivity contribution in [2.24, 2.45) is 5.73 Å². The van der Waals surface area contributed by atoms with E-state index in [9.17, 15) is 14.9 Å². The van der Waals surface area contributed by atoms with E-state index in [-0.39, 0.29) is 42.5 Å². The highest BCUT2D eigenvalue weighted by molar-refractivity contribution is 5.95. The van der Waals surface area contributed by atoms with Gasteiger partial charge in [-0.2, -0.15) is 0 Å². The lowest BCUT2D eigenvalue weighted by Gasteiger charge is -2.32. The lowest BCUT2D eigenvalue weighted by Crippen LogP contribution is -2.41. The zero-order chi connectivity index (χ0) is 19.2. The van der Waals surface area contributed by atoms with Crippen molar-refractivity contribution in [3.8, 4) is 5.69 Å². The van der Waals surface area contributed by atoms with Crippen LogP contribution in [0.5, 0.6) is 0 Å². The number of rotatable bonds is 7. The second-order valence-electron chi connectivity index (χ2n) is 6.44. The van der Waals surface area contributed by atoms with Gasteiger partial charge in [0.2, 0.25) is 0 Å². The van der Waals surface area contributed by atoms with Gasteiger partial charge < -0.3 is 19.9 Å². The first-order valence-corrected chi connectivity index (χ1v) is 8.98. The standard InChI is InChI=1S/C18H23N5O4.2ClH/c19-6-1-11-27-15-4-8-21(9-5-15)18(24)14-2-3-16(17(12-14)23(25)26)22-10-7-20-13-22;;/h2-3,7,10,12-13,15H,1,4-6,8-9,11,19H2;2*1H. The van der Waals surface area contributed by atoms with Crippen molar-refractivity contribution in [1.82, 2.24) is 14.5 Å². The van der Waals surface area contributed by atoms with E-state index < -0.39 is 4.92 Å². The van der Waals surface area contributed by atoms with Crippen molar-refractivity contribution < 1.29 is 14.5 Å². The predicted octanol–water partition coefficient (Wildman–Crippen LogP) is 2.59. The van der Waals surface area contributed by atoms with Gasteiger partial charge in [0.1, 0.15) is 5.69 Å². The second-order valence-corrected chi connectivity index (χ2v) is 6.44. The van der Waals surface area contributed by atoms with Crippen LogP contribution in [0.2, 0.25) is 0 Å². The molecule has 0 bridgehead atoms. The number of imidazole rings is 1. The topological polar surface area (TPSA) is 117 Å². The molecule has 3 rings (SSSR count). The molecule has 2 N–H and O–H groups in total. The van der Waals surface area contributed by atoms with Crippen molar-refractivity contribution >= 4 is 36.4 Å². The molecule has 1 aromatic carbocycles. The molecule has 160 valence electrons. The van der Waals surface area contributed by atoms with E-state index in [0.717, 1.165) is 19.3 Å². The van der Waals surface area contributed by atoms with Gasteiger partial charge in [-0.15, -0.1) is 24.8 Å². The van der Waals surface area contributed by atoms with Crippen molar-refractivity contribution in [2.45, 2.75) is 25.4 Å². The highest BCUT2D eigenvalue weighted by Crippen LogP contribution is 2.25. The Labute approximate surface area is 181 Å². The number of aromatic nitrogens is 2. The van der Waals surface area contributed by atoms with Gasteiger partial charge in [-0.05, 0) is 37.9 Å². The summed E-state index contributed by atoms with van der Waals surface area (Å²) in [7, 11) is 0. The Morgan fingerprint density at radius 3 is 2.62 bits per heavy atom. The molecule has 2 heterocycles. The number of piperidine rings is 1. The van der Waals surface area contributed by atoms with Crippen LogP contribution in [0.25, 0.3) is 5.69 Å². The Morgan fingerprint density at radius 2 is 2.03 bits per heavy atom. The average molecular weight is 446 g/mol. The number of carbonyl (C=O) groups is 1. The average Bonchev–Trinajstić information content (AvgIpc) is 3.22. The zero-order valence-electron chi connectivity index (χ0n) is 15.8. The maximum atomic E-state index is 12.8. The molecule has 1 saturated heterocycles. The molecule has 0 radical (unpaired) electrons. The molecule has 0 spiro atoms. The van der Waals surface area contributed by atoms with E-state index in [1.807, 2.05) is 0 Å². The molecule has 1 aliphatic heterocycles. The van der Waals surface area contributed by atoms with Crippen LogP contribution in [0.3, 0.4) is 0 Å². The maximum Gasteiger partial charge on any atom is 0.294 e. The Kier molecular flexibility index (Phi) is 10.0. The summed E-state index contributed by atoms with van der Waals surface area (Å²) in [5, 5.41) is 11.5. The van der Waals surface area contributed by atoms with Crippen molar-refractivity contribution in [3.05, 3.63) is 52.6 Å². The number of hydrogen-bond acceptors (Lipinski definition) is 6. The minimum Gasteiger partial charge on any atom is -0.378 e. The number of benzene rings is 1. The minimum absolute atomic E-state index is 0. The van der Waals surface area contributed by atoms with Crippen LogP contribution in [0, 0.1) is 10.1 Å². The van der Waals surface area contributed by atoms with E-state index in [1.165, 1.54) is 12.4 Å². The van der Waals surface area contributed by atoms with Crippen LogP contribution in [0.4, 0.5) is 5.69 Å². The SMILES string of the molecule is Cl.Cl.NCCCOC1CCN(C(=O)c2ccc(-n3ccnc3)c([N+](=O)[O-])c2)CC1. The highest BCUT2D eigenvalue weighted by atomic mass is 35.5. The zero-order valence-corrected chi connectivity index (χ0v) is 17.4. The van der Waals surface area contributed by atoms with Crippen LogP contribution < -0.4 is 5.73 Å². The third-order valence-electron chi connectivity index (χ3n) is 4.63. The number of carbonyl (C=O) groups excluding carboxylic acids is 1. The van der Waals surface area contributed by atoms with Crippen molar-refractivity contribution in [3.63, 3.8) is 0 Å². The largest absolute Gasteiger partial charge is 0.378 e. The monoisotopic (exact) mass is 445 g/mol. The second kappa shape index (κ2) is 11.7. The van der Waals surface area contributed by atoms with Crippen molar-refractivity contribution in [1.29, 1.82) is 0 Å². The number of likely N-dealkylation sites (tertiary alicyclic amines) is 1. The number of nitro groups is 1. The number of nitro benzene ring substituents is 1. The van der Waals surface area contributed by atoms with Gasteiger partial charge in [0.15, 0.2) is 0 Å². The minimum atomic E-state index is -0.483. The number of nitrogens with two attached hydrogens (primary N) is 1. The van der Waals surface area contributed by atoms with Gasteiger partial charge in [-0.3, -0.25) is 14.9 Å². The van der Waals surface area contributed by atoms with E-state index in [0.29, 0.717) is 37.5 Å². The first-order chi connectivity index (χ1) is 13.1. The normalized spacial score (nSPS) is 14.0. The number of halogens is 2. The first kappa shape index (κ1) is 24.8. The van der Waals surface area contributed by atoms with E-state index in [4.69, 9.17) is 10.5 Å². The molecule has 2 aromatic rings. The molecule has 29 heavy (non-hydrogen) atoms. The maximum absolute atomic E-state index is 12.8. The Bertz CT molecular complexity index is 796. The fraction of sp³-hybridized carbons (Fsp3) is 0.444. The Balaban J connectivity index is 0.00000210. The van der Waals surface area contributed by atoms with Gasteiger partial charge in [-0.25, -0.2) is 4.98 Å². The van der Waals surface area contributed by atoms with E-state index in [2.05, 4.69) is 4.98 Å². The molecule has 0 atom stereocenters. The van der Waals surface area contributed by atoms with Gasteiger partial charge in [0, 0.05) is 43.7 Å². The fourth-order valence-corrected chi connectivity index (χ4v) is 3.16. The molecule has 9 nitrogen and oxygen atoms in total. The van der Waals surface area contributed by atoms with Gasteiger partial charge in [-0.1, -0.05) is 0 Å². The smallest absolute Gasteiger partial charge is 0.294 e. The van der Waals surface area contributed by atoms with Gasteiger partial charge in [0.25, 0.3) is 11.6 Å². The quantitative estimate of drug-likeness (QED) is 0.397. The van der Waals surface area contributed by atoms with E-state index in [1.54, 1.807) is 34.0 Å². The first-order valence-electron chi connectivity index (χ1n) is 8.98. The number of amides is 1. The number of nitrogens with zero attached hydrogens (tertiary/aromatic N) is 4. The Hall–Kier alpha value is -2.20. The van der Waals surface area contributed by atoms with Crippen LogP contribution in [-0.4, -0.2) is 57.6 Å². The molecule has 1 fully saturated rings. The molecule has 0 aliphatic carbocycles. The number of hydrogen-bond donors (Lipinski definition) is 1. The molecular formula is C18H25Cl2N5O4. The predicted molar refractivity (Wildman–Crippen MR) is 113 cm³/mol. The third kappa shape index (κ3) is 6.14. The van der Waals surface area contributed by atoms with Crippen LogP contribution in [0.15, 0.2) is 36.9 Å². The van der Waals surface area contributed by atoms with Crippen molar-refractivity contribution in [2.75, 3.05) is 26.2 Å². The van der Waals surface area contributed by atoms with Crippen LogP contribution >= 0.6 is 24.8 Å². The Morgan fingerprint density at radius 1 is 1.31 bits per heavy atom. The summed E-state index contributed by atoms with van der Waals surface area (Å²) >= 11 is 0. The molecule has 11 heteroatoms. The molecule has 1 amide bonds. The lowest BCUT2D eigenvalue weighted by molar-refractivity contribution is -0.384. The summed E-state index contributed by atoms with van der Waals surface area (Å²) in [5.74, 6) is -0.198. The molecule has 0 unspecified atom stereocenters. The molecule has 1 aromatic heterocycles. The summed E-state index contributed by atoms with van der Waals surface area (Å²) < 4.78 is 7.30. The van der Waals surface area contributed by atoms with Crippen LogP contribution in [-0.2, 0) is 4.74 Å². The molecular weight excluding hydrogens is 421 g/mol. The summed E-state index contributed by atoms with van der Waals surface area (Å²) in [6.07, 6.45) is 7.13.